The van der Waals surface area contributed by atoms with Crippen LogP contribution in [0.25, 0.3) is 0 Å². The van der Waals surface area contributed by atoms with Crippen molar-refractivity contribution in [3.8, 4) is 0 Å². The minimum absolute atomic E-state index is 0.409. The van der Waals surface area contributed by atoms with E-state index in [1.165, 1.54) is 25.4 Å². The van der Waals surface area contributed by atoms with Gasteiger partial charge in [0.15, 0.2) is 0 Å². The predicted molar refractivity (Wildman–Crippen MR) is 92.7 cm³/mol. The summed E-state index contributed by atoms with van der Waals surface area (Å²) in [7, 11) is 0. The summed E-state index contributed by atoms with van der Waals surface area (Å²) in [5.41, 5.74) is 4.07. The van der Waals surface area contributed by atoms with Gasteiger partial charge in [-0.3, -0.25) is 0 Å². The van der Waals surface area contributed by atoms with E-state index in [2.05, 4.69) is 72.3 Å². The Morgan fingerprint density at radius 3 is 2.65 bits per heavy atom. The Hall–Kier alpha value is -0.640. The molecule has 2 rings (SSSR count). The third-order valence-corrected chi connectivity index (χ3v) is 5.63. The first kappa shape index (κ1) is 15.7. The largest absolute Gasteiger partial charge is 0.309 e. The summed E-state index contributed by atoms with van der Waals surface area (Å²) in [6, 6.07) is 11.5. The number of halogens is 1. The van der Waals surface area contributed by atoms with Crippen LogP contribution in [0.4, 0.5) is 0 Å². The summed E-state index contributed by atoms with van der Waals surface area (Å²) in [5.74, 6) is 0. The van der Waals surface area contributed by atoms with Crippen LogP contribution in [-0.2, 0) is 6.42 Å². The number of thiophene rings is 1. The molecule has 3 heteroatoms. The molecule has 0 fully saturated rings. The Morgan fingerprint density at radius 1 is 1.25 bits per heavy atom. The maximum atomic E-state index is 3.68. The number of hydrogen-bond acceptors (Lipinski definition) is 2. The van der Waals surface area contributed by atoms with Crippen molar-refractivity contribution in [2.45, 2.75) is 39.7 Å². The Bertz CT molecular complexity index is 542. The lowest BCUT2D eigenvalue weighted by Crippen LogP contribution is -2.23. The number of aryl methyl sites for hydroxylation is 2. The van der Waals surface area contributed by atoms with Gasteiger partial charge in [0.2, 0.25) is 0 Å². The fourth-order valence-corrected chi connectivity index (χ4v) is 3.97. The number of rotatable bonds is 6. The summed E-state index contributed by atoms with van der Waals surface area (Å²) in [6.45, 7) is 7.59. The molecular formula is C17H22BrNS. The second-order valence-electron chi connectivity index (χ2n) is 5.31. The molecule has 0 aliphatic rings. The Morgan fingerprint density at radius 2 is 2.05 bits per heavy atom. The zero-order chi connectivity index (χ0) is 14.5. The summed E-state index contributed by atoms with van der Waals surface area (Å²) in [4.78, 5) is 1.42. The van der Waals surface area contributed by atoms with E-state index in [-0.39, 0.29) is 0 Å². The van der Waals surface area contributed by atoms with E-state index in [1.807, 2.05) is 11.3 Å². The molecule has 0 saturated heterocycles. The SMILES string of the molecule is CCCNC(Cc1cccc(C)c1)c1cc(C)c(Br)s1. The predicted octanol–water partition coefficient (Wildman–Crippen LogP) is 5.41. The smallest absolute Gasteiger partial charge is 0.0731 e. The maximum Gasteiger partial charge on any atom is 0.0731 e. The fraction of sp³-hybridized carbons (Fsp3) is 0.412. The van der Waals surface area contributed by atoms with Crippen molar-refractivity contribution in [3.63, 3.8) is 0 Å². The zero-order valence-corrected chi connectivity index (χ0v) is 14.8. The highest BCUT2D eigenvalue weighted by Gasteiger charge is 2.15. The average molecular weight is 352 g/mol. The molecule has 1 aromatic carbocycles. The lowest BCUT2D eigenvalue weighted by Gasteiger charge is -2.17. The average Bonchev–Trinajstić information content (AvgIpc) is 2.74. The molecule has 0 aliphatic carbocycles. The molecule has 2 aromatic rings. The lowest BCUT2D eigenvalue weighted by atomic mass is 10.0. The molecule has 1 heterocycles. The third-order valence-electron chi connectivity index (χ3n) is 3.38. The van der Waals surface area contributed by atoms with Crippen molar-refractivity contribution < 1.29 is 0 Å². The Labute approximate surface area is 134 Å². The fourth-order valence-electron chi connectivity index (χ4n) is 2.32. The van der Waals surface area contributed by atoms with Crippen LogP contribution in [0, 0.1) is 13.8 Å². The molecule has 0 amide bonds. The standard InChI is InChI=1S/C17H22BrNS/c1-4-8-19-15(16-10-13(3)17(18)20-16)11-14-7-5-6-12(2)9-14/h5-7,9-10,15,19H,4,8,11H2,1-3H3. The molecule has 0 radical (unpaired) electrons. The van der Waals surface area contributed by atoms with Gasteiger partial charge in [-0.1, -0.05) is 36.8 Å². The molecule has 0 bridgehead atoms. The maximum absolute atomic E-state index is 3.68. The van der Waals surface area contributed by atoms with Crippen LogP contribution in [0.15, 0.2) is 34.1 Å². The molecule has 1 N–H and O–H groups in total. The first-order chi connectivity index (χ1) is 9.60. The summed E-state index contributed by atoms with van der Waals surface area (Å²) in [6.07, 6.45) is 2.21. The van der Waals surface area contributed by atoms with Crippen LogP contribution in [0.5, 0.6) is 0 Å². The van der Waals surface area contributed by atoms with Crippen LogP contribution < -0.4 is 5.32 Å². The van der Waals surface area contributed by atoms with Crippen molar-refractivity contribution in [2.75, 3.05) is 6.54 Å². The molecule has 1 unspecified atom stereocenters. The van der Waals surface area contributed by atoms with Crippen LogP contribution in [0.1, 0.15) is 41.0 Å². The molecule has 1 atom stereocenters. The van der Waals surface area contributed by atoms with Gasteiger partial charge in [-0.2, -0.15) is 0 Å². The molecular weight excluding hydrogens is 330 g/mol. The van der Waals surface area contributed by atoms with Crippen LogP contribution in [0.2, 0.25) is 0 Å². The Kier molecular flexibility index (Phi) is 5.82. The van der Waals surface area contributed by atoms with Crippen LogP contribution in [-0.4, -0.2) is 6.54 Å². The van der Waals surface area contributed by atoms with E-state index >= 15 is 0 Å². The summed E-state index contributed by atoms with van der Waals surface area (Å²) >= 11 is 5.49. The van der Waals surface area contributed by atoms with Crippen molar-refractivity contribution in [1.82, 2.24) is 5.32 Å². The number of benzene rings is 1. The first-order valence-corrected chi connectivity index (χ1v) is 8.76. The van der Waals surface area contributed by atoms with Gasteiger partial charge < -0.3 is 5.32 Å². The van der Waals surface area contributed by atoms with Crippen LogP contribution in [0.3, 0.4) is 0 Å². The number of nitrogens with one attached hydrogen (secondary N) is 1. The molecule has 0 saturated carbocycles. The van der Waals surface area contributed by atoms with Crippen LogP contribution >= 0.6 is 27.3 Å². The van der Waals surface area contributed by atoms with E-state index < -0.39 is 0 Å². The molecule has 20 heavy (non-hydrogen) atoms. The number of hydrogen-bond donors (Lipinski definition) is 1. The minimum Gasteiger partial charge on any atom is -0.309 e. The summed E-state index contributed by atoms with van der Waals surface area (Å²) < 4.78 is 1.25. The second kappa shape index (κ2) is 7.39. The molecule has 1 aromatic heterocycles. The van der Waals surface area contributed by atoms with E-state index in [4.69, 9.17) is 0 Å². The van der Waals surface area contributed by atoms with Gasteiger partial charge in [-0.15, -0.1) is 11.3 Å². The van der Waals surface area contributed by atoms with Gasteiger partial charge in [-0.25, -0.2) is 0 Å². The monoisotopic (exact) mass is 351 g/mol. The molecule has 0 aliphatic heterocycles. The van der Waals surface area contributed by atoms with E-state index in [0.29, 0.717) is 6.04 Å². The van der Waals surface area contributed by atoms with E-state index in [0.717, 1.165) is 19.4 Å². The molecule has 0 spiro atoms. The van der Waals surface area contributed by atoms with Crippen molar-refractivity contribution in [1.29, 1.82) is 0 Å². The minimum atomic E-state index is 0.409. The highest BCUT2D eigenvalue weighted by atomic mass is 79.9. The van der Waals surface area contributed by atoms with E-state index in [9.17, 15) is 0 Å². The van der Waals surface area contributed by atoms with Gasteiger partial charge >= 0.3 is 0 Å². The third kappa shape index (κ3) is 4.18. The van der Waals surface area contributed by atoms with Gasteiger partial charge in [0.05, 0.1) is 3.79 Å². The van der Waals surface area contributed by atoms with E-state index in [1.54, 1.807) is 0 Å². The van der Waals surface area contributed by atoms with Gasteiger partial charge in [0.25, 0.3) is 0 Å². The normalized spacial score (nSPS) is 12.6. The van der Waals surface area contributed by atoms with Gasteiger partial charge in [0, 0.05) is 10.9 Å². The quantitative estimate of drug-likeness (QED) is 0.733. The topological polar surface area (TPSA) is 12.0 Å². The second-order valence-corrected chi connectivity index (χ2v) is 7.71. The summed E-state index contributed by atoms with van der Waals surface area (Å²) in [5, 5.41) is 3.68. The first-order valence-electron chi connectivity index (χ1n) is 7.15. The molecule has 1 nitrogen and oxygen atoms in total. The Balaban J connectivity index is 2.19. The van der Waals surface area contributed by atoms with Crippen molar-refractivity contribution in [2.24, 2.45) is 0 Å². The zero-order valence-electron chi connectivity index (χ0n) is 12.4. The lowest BCUT2D eigenvalue weighted by molar-refractivity contribution is 0.536. The van der Waals surface area contributed by atoms with Gasteiger partial charge in [0.1, 0.15) is 0 Å². The highest BCUT2D eigenvalue weighted by molar-refractivity contribution is 9.11. The highest BCUT2D eigenvalue weighted by Crippen LogP contribution is 2.33. The van der Waals surface area contributed by atoms with Crippen molar-refractivity contribution >= 4 is 27.3 Å². The van der Waals surface area contributed by atoms with Crippen molar-refractivity contribution in [3.05, 3.63) is 55.7 Å². The molecule has 108 valence electrons. The van der Waals surface area contributed by atoms with Gasteiger partial charge in [-0.05, 0) is 66.4 Å².